The average molecular weight is 262 g/mol. The van der Waals surface area contributed by atoms with Crippen LogP contribution in [0.1, 0.15) is 50.3 Å². The van der Waals surface area contributed by atoms with E-state index in [4.69, 9.17) is 4.74 Å². The van der Waals surface area contributed by atoms with Crippen molar-refractivity contribution in [2.24, 2.45) is 0 Å². The molecule has 106 valence electrons. The fourth-order valence-electron chi connectivity index (χ4n) is 2.65. The Balaban J connectivity index is 3.00. The quantitative estimate of drug-likeness (QED) is 0.742. The van der Waals surface area contributed by atoms with Crippen LogP contribution in [0.5, 0.6) is 0 Å². The molecule has 0 atom stereocenters. The van der Waals surface area contributed by atoms with Crippen LogP contribution in [0, 0.1) is 13.8 Å². The third kappa shape index (κ3) is 3.44. The van der Waals surface area contributed by atoms with Gasteiger partial charge in [-0.15, -0.1) is 0 Å². The third-order valence-electron chi connectivity index (χ3n) is 4.05. The highest BCUT2D eigenvalue weighted by Crippen LogP contribution is 2.25. The summed E-state index contributed by atoms with van der Waals surface area (Å²) in [5, 5.41) is 0. The van der Waals surface area contributed by atoms with Gasteiger partial charge in [-0.25, -0.2) is 0 Å². The minimum Gasteiger partial charge on any atom is -0.368 e. The van der Waals surface area contributed by atoms with Crippen LogP contribution in [0.2, 0.25) is 0 Å². The molecule has 0 saturated heterocycles. The molecule has 0 unspecified atom stereocenters. The molecule has 0 spiro atoms. The lowest BCUT2D eigenvalue weighted by molar-refractivity contribution is -0.144. The molecular formula is C17H26O2. The topological polar surface area (TPSA) is 26.3 Å². The number of benzene rings is 1. The van der Waals surface area contributed by atoms with Crippen molar-refractivity contribution in [1.82, 2.24) is 0 Å². The summed E-state index contributed by atoms with van der Waals surface area (Å²) in [5.74, 6) is 0.205. The molecule has 1 rings (SSSR count). The minimum atomic E-state index is -0.608. The van der Waals surface area contributed by atoms with Crippen molar-refractivity contribution < 1.29 is 9.53 Å². The second-order valence-electron chi connectivity index (χ2n) is 5.10. The number of Topliss-reactive ketones (excluding diaryl/α,β-unsaturated/α-hetero) is 1. The second kappa shape index (κ2) is 6.85. The van der Waals surface area contributed by atoms with Gasteiger partial charge in [-0.1, -0.05) is 32.0 Å². The summed E-state index contributed by atoms with van der Waals surface area (Å²) in [6, 6.07) is 6.17. The SMILES string of the molecule is CCOC(CC)(CC)C(=O)Cc1c(C)cccc1C. The highest BCUT2D eigenvalue weighted by molar-refractivity contribution is 5.89. The zero-order valence-corrected chi connectivity index (χ0v) is 12.9. The van der Waals surface area contributed by atoms with Crippen LogP contribution in [-0.4, -0.2) is 18.0 Å². The first-order chi connectivity index (χ1) is 9.00. The first-order valence-electron chi connectivity index (χ1n) is 7.23. The Morgan fingerprint density at radius 1 is 1.11 bits per heavy atom. The number of aryl methyl sites for hydroxylation is 2. The van der Waals surface area contributed by atoms with Gasteiger partial charge in [0, 0.05) is 13.0 Å². The van der Waals surface area contributed by atoms with E-state index in [0.29, 0.717) is 13.0 Å². The molecular weight excluding hydrogens is 236 g/mol. The number of ether oxygens (including phenoxy) is 1. The molecule has 2 heteroatoms. The molecule has 0 aliphatic rings. The van der Waals surface area contributed by atoms with E-state index in [1.54, 1.807) is 0 Å². The molecule has 0 aliphatic carbocycles. The Morgan fingerprint density at radius 2 is 1.63 bits per heavy atom. The number of hydrogen-bond donors (Lipinski definition) is 0. The third-order valence-corrected chi connectivity index (χ3v) is 4.05. The summed E-state index contributed by atoms with van der Waals surface area (Å²) in [6.07, 6.45) is 1.95. The van der Waals surface area contributed by atoms with Crippen molar-refractivity contribution in [3.63, 3.8) is 0 Å². The number of ketones is 1. The van der Waals surface area contributed by atoms with Crippen LogP contribution in [0.15, 0.2) is 18.2 Å². The number of hydrogen-bond acceptors (Lipinski definition) is 2. The largest absolute Gasteiger partial charge is 0.368 e. The van der Waals surface area contributed by atoms with Crippen molar-refractivity contribution in [1.29, 1.82) is 0 Å². The zero-order chi connectivity index (χ0) is 14.5. The van der Waals surface area contributed by atoms with Crippen LogP contribution in [-0.2, 0) is 16.0 Å². The van der Waals surface area contributed by atoms with Crippen molar-refractivity contribution >= 4 is 5.78 Å². The lowest BCUT2D eigenvalue weighted by Crippen LogP contribution is -2.41. The molecule has 0 aliphatic heterocycles. The normalized spacial score (nSPS) is 11.6. The van der Waals surface area contributed by atoms with Gasteiger partial charge in [0.05, 0.1) is 0 Å². The highest BCUT2D eigenvalue weighted by atomic mass is 16.5. The van der Waals surface area contributed by atoms with Gasteiger partial charge in [0.1, 0.15) is 5.60 Å². The lowest BCUT2D eigenvalue weighted by Gasteiger charge is -2.30. The molecule has 0 aromatic heterocycles. The van der Waals surface area contributed by atoms with Gasteiger partial charge in [0.15, 0.2) is 5.78 Å². The lowest BCUT2D eigenvalue weighted by atomic mass is 9.86. The summed E-state index contributed by atoms with van der Waals surface area (Å²) in [7, 11) is 0. The fourth-order valence-corrected chi connectivity index (χ4v) is 2.65. The smallest absolute Gasteiger partial charge is 0.168 e. The predicted octanol–water partition coefficient (Wildman–Crippen LogP) is 4.01. The summed E-state index contributed by atoms with van der Waals surface area (Å²) >= 11 is 0. The fraction of sp³-hybridized carbons (Fsp3) is 0.588. The van der Waals surface area contributed by atoms with Gasteiger partial charge >= 0.3 is 0 Å². The Kier molecular flexibility index (Phi) is 5.74. The summed E-state index contributed by atoms with van der Waals surface area (Å²) in [5.41, 5.74) is 2.92. The molecule has 0 amide bonds. The first kappa shape index (κ1) is 15.9. The number of carbonyl (C=O) groups excluding carboxylic acids is 1. The molecule has 0 radical (unpaired) electrons. The number of carbonyl (C=O) groups is 1. The Hall–Kier alpha value is -1.15. The molecule has 1 aromatic carbocycles. The maximum atomic E-state index is 12.7. The van der Waals surface area contributed by atoms with Crippen LogP contribution in [0.4, 0.5) is 0 Å². The van der Waals surface area contributed by atoms with E-state index in [-0.39, 0.29) is 5.78 Å². The summed E-state index contributed by atoms with van der Waals surface area (Å²) in [4.78, 5) is 12.7. The van der Waals surface area contributed by atoms with E-state index in [0.717, 1.165) is 18.4 Å². The van der Waals surface area contributed by atoms with Crippen LogP contribution in [0.25, 0.3) is 0 Å². The van der Waals surface area contributed by atoms with Crippen molar-refractivity contribution in [2.45, 2.75) is 59.5 Å². The monoisotopic (exact) mass is 262 g/mol. The highest BCUT2D eigenvalue weighted by Gasteiger charge is 2.35. The Labute approximate surface area is 117 Å². The molecule has 0 heterocycles. The Bertz CT molecular complexity index is 411. The maximum Gasteiger partial charge on any atom is 0.168 e. The Morgan fingerprint density at radius 3 is 2.05 bits per heavy atom. The van der Waals surface area contributed by atoms with Gasteiger partial charge in [-0.2, -0.15) is 0 Å². The second-order valence-corrected chi connectivity index (χ2v) is 5.10. The van der Waals surface area contributed by atoms with Crippen molar-refractivity contribution in [3.05, 3.63) is 34.9 Å². The summed E-state index contributed by atoms with van der Waals surface area (Å²) in [6.45, 7) is 10.7. The summed E-state index contributed by atoms with van der Waals surface area (Å²) < 4.78 is 5.79. The molecule has 0 bridgehead atoms. The van der Waals surface area contributed by atoms with Gasteiger partial charge in [-0.3, -0.25) is 4.79 Å². The average Bonchev–Trinajstić information content (AvgIpc) is 2.40. The molecule has 1 aromatic rings. The molecule has 2 nitrogen and oxygen atoms in total. The predicted molar refractivity (Wildman–Crippen MR) is 79.6 cm³/mol. The van der Waals surface area contributed by atoms with Gasteiger partial charge in [-0.05, 0) is 50.3 Å². The van der Waals surface area contributed by atoms with E-state index in [1.807, 2.05) is 26.8 Å². The van der Waals surface area contributed by atoms with E-state index in [1.165, 1.54) is 11.1 Å². The van der Waals surface area contributed by atoms with E-state index in [2.05, 4.69) is 26.0 Å². The standard InChI is InChI=1S/C17H26O2/c1-6-17(7-2,19-8-3)16(18)12-15-13(4)10-9-11-14(15)5/h9-11H,6-8,12H2,1-5H3. The van der Waals surface area contributed by atoms with Gasteiger partial charge in [0.2, 0.25) is 0 Å². The van der Waals surface area contributed by atoms with Gasteiger partial charge < -0.3 is 4.74 Å². The molecule has 0 saturated carbocycles. The van der Waals surface area contributed by atoms with E-state index < -0.39 is 5.60 Å². The minimum absolute atomic E-state index is 0.205. The zero-order valence-electron chi connectivity index (χ0n) is 12.9. The van der Waals surface area contributed by atoms with Crippen molar-refractivity contribution in [3.8, 4) is 0 Å². The van der Waals surface area contributed by atoms with Crippen molar-refractivity contribution in [2.75, 3.05) is 6.61 Å². The van der Waals surface area contributed by atoms with Crippen LogP contribution < -0.4 is 0 Å². The van der Waals surface area contributed by atoms with E-state index >= 15 is 0 Å². The van der Waals surface area contributed by atoms with E-state index in [9.17, 15) is 4.79 Å². The van der Waals surface area contributed by atoms with Crippen LogP contribution in [0.3, 0.4) is 0 Å². The maximum absolute atomic E-state index is 12.7. The molecule has 19 heavy (non-hydrogen) atoms. The molecule has 0 N–H and O–H groups in total. The van der Waals surface area contributed by atoms with Crippen LogP contribution >= 0.6 is 0 Å². The number of rotatable bonds is 7. The first-order valence-corrected chi connectivity index (χ1v) is 7.23. The molecule has 0 fully saturated rings. The van der Waals surface area contributed by atoms with Gasteiger partial charge in [0.25, 0.3) is 0 Å².